The lowest BCUT2D eigenvalue weighted by Crippen LogP contribution is -1.84. The molecule has 50 valence electrons. The number of halogens is 2. The average Bonchev–Trinajstić information content (AvgIpc) is 1.63. The second-order valence-corrected chi connectivity index (χ2v) is 3.93. The highest BCUT2D eigenvalue weighted by Crippen LogP contribution is 2.11. The fourth-order valence-electron chi connectivity index (χ4n) is 0.203. The van der Waals surface area contributed by atoms with Crippen molar-refractivity contribution in [3.8, 4) is 0 Å². The first kappa shape index (κ1) is 8.91. The molecule has 4 heteroatoms. The first-order valence-corrected chi connectivity index (χ1v) is 3.64. The van der Waals surface area contributed by atoms with E-state index in [0.717, 1.165) is 6.08 Å². The molecule has 0 rings (SSSR count). The van der Waals surface area contributed by atoms with E-state index in [4.69, 9.17) is 5.11 Å². The molecule has 0 aliphatic rings. The maximum Gasteiger partial charge on any atom is 0.328 e. The number of hydrogen-bond donors (Lipinski definition) is 1. The lowest BCUT2D eigenvalue weighted by molar-refractivity contribution is -0.131. The summed E-state index contributed by atoms with van der Waals surface area (Å²) >= 11 is 6.12. The zero-order valence-electron chi connectivity index (χ0n) is 4.34. The number of carboxylic acid groups (broad SMARTS) is 1. The van der Waals surface area contributed by atoms with Gasteiger partial charge in [0, 0.05) is 6.08 Å². The van der Waals surface area contributed by atoms with E-state index in [1.165, 1.54) is 6.08 Å². The van der Waals surface area contributed by atoms with Crippen LogP contribution < -0.4 is 0 Å². The Bertz CT molecular complexity index is 156. The Balaban J connectivity index is 3.74. The number of aliphatic carboxylic acids is 1. The lowest BCUT2D eigenvalue weighted by atomic mass is 10.5. The molecule has 0 saturated carbocycles. The first-order valence-electron chi connectivity index (χ1n) is 2.05. The van der Waals surface area contributed by atoms with Crippen molar-refractivity contribution in [1.82, 2.24) is 0 Å². The molecular formula is C5H4Br2O2. The van der Waals surface area contributed by atoms with Crippen LogP contribution in [0, 0.1) is 0 Å². The SMILES string of the molecule is O=C(O)C=CC=C(Br)Br. The summed E-state index contributed by atoms with van der Waals surface area (Å²) in [6, 6.07) is 0. The third kappa shape index (κ3) is 7.91. The van der Waals surface area contributed by atoms with Crippen LogP contribution in [-0.4, -0.2) is 11.1 Å². The van der Waals surface area contributed by atoms with Gasteiger partial charge in [0.2, 0.25) is 0 Å². The fourth-order valence-corrected chi connectivity index (χ4v) is 0.508. The zero-order valence-corrected chi connectivity index (χ0v) is 7.52. The molecule has 0 atom stereocenters. The highest BCUT2D eigenvalue weighted by Gasteiger charge is 1.81. The minimum Gasteiger partial charge on any atom is -0.478 e. The van der Waals surface area contributed by atoms with Gasteiger partial charge in [-0.25, -0.2) is 4.79 Å². The minimum atomic E-state index is -0.951. The molecule has 2 nitrogen and oxygen atoms in total. The Hall–Kier alpha value is -0.0900. The normalized spacial score (nSPS) is 9.56. The Labute approximate surface area is 69.5 Å². The molecule has 0 fully saturated rings. The molecular weight excluding hydrogens is 252 g/mol. The first-order chi connectivity index (χ1) is 4.13. The van der Waals surface area contributed by atoms with Gasteiger partial charge in [-0.2, -0.15) is 0 Å². The molecule has 0 bridgehead atoms. The van der Waals surface area contributed by atoms with E-state index in [9.17, 15) is 4.79 Å². The maximum absolute atomic E-state index is 9.83. The van der Waals surface area contributed by atoms with Crippen LogP contribution in [0.1, 0.15) is 0 Å². The van der Waals surface area contributed by atoms with Crippen molar-refractivity contribution in [3.05, 3.63) is 21.6 Å². The molecule has 0 aromatic carbocycles. The number of hydrogen-bond acceptors (Lipinski definition) is 1. The van der Waals surface area contributed by atoms with E-state index < -0.39 is 5.97 Å². The highest BCUT2D eigenvalue weighted by atomic mass is 79.9. The second-order valence-electron chi connectivity index (χ2n) is 1.15. The van der Waals surface area contributed by atoms with Gasteiger partial charge in [-0.15, -0.1) is 0 Å². The van der Waals surface area contributed by atoms with E-state index in [0.29, 0.717) is 3.39 Å². The van der Waals surface area contributed by atoms with Crippen molar-refractivity contribution in [1.29, 1.82) is 0 Å². The van der Waals surface area contributed by atoms with Crippen LogP contribution >= 0.6 is 31.9 Å². The summed E-state index contributed by atoms with van der Waals surface area (Å²) in [7, 11) is 0. The van der Waals surface area contributed by atoms with Gasteiger partial charge in [0.1, 0.15) is 0 Å². The Kier molecular flexibility index (Phi) is 4.71. The molecule has 0 aliphatic heterocycles. The molecule has 0 aromatic rings. The molecule has 0 aliphatic carbocycles. The van der Waals surface area contributed by atoms with Crippen molar-refractivity contribution in [2.45, 2.75) is 0 Å². The van der Waals surface area contributed by atoms with Crippen LogP contribution in [0.2, 0.25) is 0 Å². The molecule has 0 unspecified atom stereocenters. The van der Waals surface area contributed by atoms with Crippen molar-refractivity contribution < 1.29 is 9.90 Å². The summed E-state index contributed by atoms with van der Waals surface area (Å²) in [6.45, 7) is 0. The highest BCUT2D eigenvalue weighted by molar-refractivity contribution is 9.28. The van der Waals surface area contributed by atoms with Crippen LogP contribution in [0.25, 0.3) is 0 Å². The fraction of sp³-hybridized carbons (Fsp3) is 0. The summed E-state index contributed by atoms with van der Waals surface area (Å²) in [5.74, 6) is -0.951. The Morgan fingerprint density at radius 1 is 1.44 bits per heavy atom. The van der Waals surface area contributed by atoms with Gasteiger partial charge in [0.15, 0.2) is 0 Å². The monoisotopic (exact) mass is 254 g/mol. The minimum absolute atomic E-state index is 0.715. The topological polar surface area (TPSA) is 37.3 Å². The molecule has 0 aromatic heterocycles. The van der Waals surface area contributed by atoms with Gasteiger partial charge in [-0.05, 0) is 37.9 Å². The molecule has 0 heterocycles. The van der Waals surface area contributed by atoms with Crippen LogP contribution in [0.5, 0.6) is 0 Å². The Morgan fingerprint density at radius 3 is 2.33 bits per heavy atom. The summed E-state index contributed by atoms with van der Waals surface area (Å²) in [6.07, 6.45) is 4.04. The quantitative estimate of drug-likeness (QED) is 0.607. The molecule has 1 N–H and O–H groups in total. The van der Waals surface area contributed by atoms with E-state index >= 15 is 0 Å². The van der Waals surface area contributed by atoms with Crippen LogP contribution in [0.4, 0.5) is 0 Å². The van der Waals surface area contributed by atoms with Crippen LogP contribution in [0.3, 0.4) is 0 Å². The molecule has 0 amide bonds. The van der Waals surface area contributed by atoms with Gasteiger partial charge >= 0.3 is 5.97 Å². The predicted octanol–water partition coefficient (Wildman–Crippen LogP) is 2.26. The van der Waals surface area contributed by atoms with E-state index in [1.54, 1.807) is 6.08 Å². The average molecular weight is 256 g/mol. The third-order valence-corrected chi connectivity index (χ3v) is 0.990. The van der Waals surface area contributed by atoms with Crippen molar-refractivity contribution >= 4 is 37.8 Å². The third-order valence-electron chi connectivity index (χ3n) is 0.461. The van der Waals surface area contributed by atoms with Gasteiger partial charge in [0.25, 0.3) is 0 Å². The predicted molar refractivity (Wildman–Crippen MR) is 42.7 cm³/mol. The van der Waals surface area contributed by atoms with Gasteiger partial charge in [0.05, 0.1) is 3.39 Å². The molecule has 0 radical (unpaired) electrons. The summed E-state index contributed by atoms with van der Waals surface area (Å²) in [4.78, 5) is 9.83. The molecule has 0 saturated heterocycles. The maximum atomic E-state index is 9.83. The van der Waals surface area contributed by atoms with E-state index in [1.807, 2.05) is 0 Å². The van der Waals surface area contributed by atoms with Crippen molar-refractivity contribution in [2.24, 2.45) is 0 Å². The number of carboxylic acids is 1. The lowest BCUT2D eigenvalue weighted by Gasteiger charge is -1.76. The number of rotatable bonds is 2. The van der Waals surface area contributed by atoms with Crippen molar-refractivity contribution in [3.63, 3.8) is 0 Å². The Morgan fingerprint density at radius 2 is 2.00 bits per heavy atom. The van der Waals surface area contributed by atoms with Gasteiger partial charge in [-0.1, -0.05) is 6.08 Å². The van der Waals surface area contributed by atoms with Gasteiger partial charge < -0.3 is 5.11 Å². The summed E-state index contributed by atoms with van der Waals surface area (Å²) in [5.41, 5.74) is 0. The van der Waals surface area contributed by atoms with Crippen LogP contribution in [0.15, 0.2) is 21.6 Å². The van der Waals surface area contributed by atoms with E-state index in [2.05, 4.69) is 31.9 Å². The molecule has 9 heavy (non-hydrogen) atoms. The van der Waals surface area contributed by atoms with Crippen LogP contribution in [-0.2, 0) is 4.79 Å². The summed E-state index contributed by atoms with van der Waals surface area (Å²) < 4.78 is 0.715. The number of carbonyl (C=O) groups is 1. The van der Waals surface area contributed by atoms with E-state index in [-0.39, 0.29) is 0 Å². The molecule has 0 spiro atoms. The second kappa shape index (κ2) is 4.76. The van der Waals surface area contributed by atoms with Gasteiger partial charge in [-0.3, -0.25) is 0 Å². The largest absolute Gasteiger partial charge is 0.478 e. The number of allylic oxidation sites excluding steroid dienone is 2. The smallest absolute Gasteiger partial charge is 0.328 e. The summed E-state index contributed by atoms with van der Waals surface area (Å²) in [5, 5.41) is 8.08. The van der Waals surface area contributed by atoms with Crippen molar-refractivity contribution in [2.75, 3.05) is 0 Å². The zero-order chi connectivity index (χ0) is 7.28. The standard InChI is InChI=1S/C5H4Br2O2/c6-4(7)2-1-3-5(8)9/h1-3H,(H,8,9).